The van der Waals surface area contributed by atoms with Gasteiger partial charge in [0.25, 0.3) is 0 Å². The summed E-state index contributed by atoms with van der Waals surface area (Å²) in [4.78, 5) is 13.4. The first kappa shape index (κ1) is 12.5. The number of aliphatic carboxylic acids is 1. The first-order chi connectivity index (χ1) is 7.08. The van der Waals surface area contributed by atoms with Crippen molar-refractivity contribution in [2.45, 2.75) is 46.0 Å². The molecule has 0 bridgehead atoms. The highest BCUT2D eigenvalue weighted by atomic mass is 16.4. The lowest BCUT2D eigenvalue weighted by atomic mass is 9.80. The molecular weight excluding hydrogens is 190 g/mol. The van der Waals surface area contributed by atoms with Crippen LogP contribution in [0.15, 0.2) is 0 Å². The minimum Gasteiger partial charge on any atom is -0.481 e. The standard InChI is InChI=1S/C12H23NO2/c1-3-4-5-8-13-9-6-12(2,7-10-13)11(14)15/h3-10H2,1-2H3,(H,14,15). The number of hydrogen-bond donors (Lipinski definition) is 1. The predicted octanol–water partition coefficient (Wildman–Crippen LogP) is 2.36. The molecule has 1 heterocycles. The molecule has 88 valence electrons. The van der Waals surface area contributed by atoms with Gasteiger partial charge in [0.05, 0.1) is 5.41 Å². The second-order valence-electron chi connectivity index (χ2n) is 4.91. The van der Waals surface area contributed by atoms with Crippen LogP contribution < -0.4 is 0 Å². The maximum atomic E-state index is 11.0. The quantitative estimate of drug-likeness (QED) is 0.713. The average molecular weight is 213 g/mol. The Hall–Kier alpha value is -0.570. The van der Waals surface area contributed by atoms with Crippen LogP contribution in [0.3, 0.4) is 0 Å². The van der Waals surface area contributed by atoms with Crippen LogP contribution in [0, 0.1) is 5.41 Å². The summed E-state index contributed by atoms with van der Waals surface area (Å²) >= 11 is 0. The summed E-state index contributed by atoms with van der Waals surface area (Å²) in [6.07, 6.45) is 5.39. The van der Waals surface area contributed by atoms with Crippen molar-refractivity contribution in [3.63, 3.8) is 0 Å². The van der Waals surface area contributed by atoms with E-state index in [1.54, 1.807) is 0 Å². The lowest BCUT2D eigenvalue weighted by molar-refractivity contribution is -0.150. The van der Waals surface area contributed by atoms with Gasteiger partial charge < -0.3 is 10.0 Å². The predicted molar refractivity (Wildman–Crippen MR) is 60.9 cm³/mol. The lowest BCUT2D eigenvalue weighted by Crippen LogP contribution is -2.42. The zero-order valence-corrected chi connectivity index (χ0v) is 9.96. The van der Waals surface area contributed by atoms with E-state index in [0.717, 1.165) is 32.5 Å². The molecule has 1 saturated heterocycles. The van der Waals surface area contributed by atoms with Crippen molar-refractivity contribution >= 4 is 5.97 Å². The zero-order chi connectivity index (χ0) is 11.3. The number of carboxylic acids is 1. The molecule has 0 atom stereocenters. The normalized spacial score (nSPS) is 21.5. The van der Waals surface area contributed by atoms with Crippen molar-refractivity contribution in [2.75, 3.05) is 19.6 Å². The molecule has 15 heavy (non-hydrogen) atoms. The molecule has 3 nitrogen and oxygen atoms in total. The van der Waals surface area contributed by atoms with Crippen LogP contribution in [0.4, 0.5) is 0 Å². The summed E-state index contributed by atoms with van der Waals surface area (Å²) in [6, 6.07) is 0. The summed E-state index contributed by atoms with van der Waals surface area (Å²) in [5.41, 5.74) is -0.471. The Kier molecular flexibility index (Phi) is 4.58. The van der Waals surface area contributed by atoms with Gasteiger partial charge in [-0.2, -0.15) is 0 Å². The SMILES string of the molecule is CCCCCN1CCC(C)(C(=O)O)CC1. The Balaban J connectivity index is 2.26. The molecule has 0 aromatic carbocycles. The molecule has 1 aliphatic rings. The first-order valence-corrected chi connectivity index (χ1v) is 6.04. The molecule has 1 N–H and O–H groups in total. The van der Waals surface area contributed by atoms with Gasteiger partial charge in [0, 0.05) is 0 Å². The highest BCUT2D eigenvalue weighted by Gasteiger charge is 2.36. The van der Waals surface area contributed by atoms with Gasteiger partial charge in [-0.25, -0.2) is 0 Å². The molecule has 1 fully saturated rings. The Labute approximate surface area is 92.5 Å². The van der Waals surface area contributed by atoms with E-state index >= 15 is 0 Å². The zero-order valence-electron chi connectivity index (χ0n) is 9.96. The van der Waals surface area contributed by atoms with E-state index in [4.69, 9.17) is 5.11 Å². The molecule has 0 saturated carbocycles. The average Bonchev–Trinajstić information content (AvgIpc) is 2.21. The van der Waals surface area contributed by atoms with Crippen molar-refractivity contribution in [2.24, 2.45) is 5.41 Å². The summed E-state index contributed by atoms with van der Waals surface area (Å²) in [7, 11) is 0. The Morgan fingerprint density at radius 1 is 1.33 bits per heavy atom. The second kappa shape index (κ2) is 5.50. The molecular formula is C12H23NO2. The molecule has 0 radical (unpaired) electrons. The number of rotatable bonds is 5. The summed E-state index contributed by atoms with van der Waals surface area (Å²) < 4.78 is 0. The molecule has 1 aliphatic heterocycles. The molecule has 0 aromatic heterocycles. The summed E-state index contributed by atoms with van der Waals surface area (Å²) in [6.45, 7) is 7.12. The molecule has 0 amide bonds. The van der Waals surface area contributed by atoms with Gasteiger partial charge in [-0.3, -0.25) is 4.79 Å². The van der Waals surface area contributed by atoms with Crippen LogP contribution in [0.1, 0.15) is 46.0 Å². The van der Waals surface area contributed by atoms with Crippen LogP contribution in [0.2, 0.25) is 0 Å². The Bertz CT molecular complexity index is 208. The lowest BCUT2D eigenvalue weighted by Gasteiger charge is -2.36. The van der Waals surface area contributed by atoms with Gasteiger partial charge >= 0.3 is 5.97 Å². The molecule has 0 aromatic rings. The first-order valence-electron chi connectivity index (χ1n) is 6.04. The van der Waals surface area contributed by atoms with Crippen molar-refractivity contribution in [3.8, 4) is 0 Å². The number of carbonyl (C=O) groups is 1. The van der Waals surface area contributed by atoms with Crippen molar-refractivity contribution < 1.29 is 9.90 Å². The smallest absolute Gasteiger partial charge is 0.309 e. The fourth-order valence-corrected chi connectivity index (χ4v) is 2.07. The van der Waals surface area contributed by atoms with Gasteiger partial charge in [-0.1, -0.05) is 19.8 Å². The third kappa shape index (κ3) is 3.49. The highest BCUT2D eigenvalue weighted by Crippen LogP contribution is 2.30. The molecule has 0 spiro atoms. The van der Waals surface area contributed by atoms with Gasteiger partial charge in [0.2, 0.25) is 0 Å². The fourth-order valence-electron chi connectivity index (χ4n) is 2.07. The van der Waals surface area contributed by atoms with Crippen LogP contribution in [-0.2, 0) is 4.79 Å². The van der Waals surface area contributed by atoms with Crippen molar-refractivity contribution in [1.82, 2.24) is 4.90 Å². The van der Waals surface area contributed by atoms with E-state index in [1.165, 1.54) is 19.3 Å². The van der Waals surface area contributed by atoms with Gasteiger partial charge in [-0.05, 0) is 45.8 Å². The highest BCUT2D eigenvalue weighted by molar-refractivity contribution is 5.74. The largest absolute Gasteiger partial charge is 0.481 e. The molecule has 0 unspecified atom stereocenters. The number of carboxylic acid groups (broad SMARTS) is 1. The van der Waals surface area contributed by atoms with E-state index in [0.29, 0.717) is 0 Å². The molecule has 1 rings (SSSR count). The van der Waals surface area contributed by atoms with E-state index in [1.807, 2.05) is 6.92 Å². The Morgan fingerprint density at radius 2 is 1.93 bits per heavy atom. The monoisotopic (exact) mass is 213 g/mol. The van der Waals surface area contributed by atoms with Gasteiger partial charge in [0.15, 0.2) is 0 Å². The summed E-state index contributed by atoms with van der Waals surface area (Å²) in [5.74, 6) is -0.629. The van der Waals surface area contributed by atoms with Crippen LogP contribution in [-0.4, -0.2) is 35.6 Å². The maximum absolute atomic E-state index is 11.0. The van der Waals surface area contributed by atoms with Crippen molar-refractivity contribution in [1.29, 1.82) is 0 Å². The third-order valence-electron chi connectivity index (χ3n) is 3.55. The number of hydrogen-bond acceptors (Lipinski definition) is 2. The fraction of sp³-hybridized carbons (Fsp3) is 0.917. The topological polar surface area (TPSA) is 40.5 Å². The van der Waals surface area contributed by atoms with Crippen molar-refractivity contribution in [3.05, 3.63) is 0 Å². The second-order valence-corrected chi connectivity index (χ2v) is 4.91. The number of nitrogens with zero attached hydrogens (tertiary/aromatic N) is 1. The maximum Gasteiger partial charge on any atom is 0.309 e. The Morgan fingerprint density at radius 3 is 2.40 bits per heavy atom. The van der Waals surface area contributed by atoms with Gasteiger partial charge in [-0.15, -0.1) is 0 Å². The number of likely N-dealkylation sites (tertiary alicyclic amines) is 1. The van der Waals surface area contributed by atoms with Crippen LogP contribution in [0.25, 0.3) is 0 Å². The third-order valence-corrected chi connectivity index (χ3v) is 3.55. The van der Waals surface area contributed by atoms with E-state index in [9.17, 15) is 4.79 Å². The van der Waals surface area contributed by atoms with E-state index in [2.05, 4.69) is 11.8 Å². The number of piperidine rings is 1. The minimum atomic E-state index is -0.629. The molecule has 3 heteroatoms. The molecule has 0 aliphatic carbocycles. The van der Waals surface area contributed by atoms with E-state index < -0.39 is 11.4 Å². The van der Waals surface area contributed by atoms with Gasteiger partial charge in [0.1, 0.15) is 0 Å². The van der Waals surface area contributed by atoms with Crippen LogP contribution >= 0.6 is 0 Å². The minimum absolute atomic E-state index is 0.471. The number of unbranched alkanes of at least 4 members (excludes halogenated alkanes) is 2. The summed E-state index contributed by atoms with van der Waals surface area (Å²) in [5, 5.41) is 9.08. The van der Waals surface area contributed by atoms with E-state index in [-0.39, 0.29) is 0 Å². The van der Waals surface area contributed by atoms with Crippen LogP contribution in [0.5, 0.6) is 0 Å².